The number of ketones is 1. The minimum Gasteiger partial charge on any atom is -0.295 e. The SMILES string of the molecule is CC(=O)c1cc(-c2ccc(Cl)cc2)c2ccc(C)cc2c1C. The van der Waals surface area contributed by atoms with E-state index in [0.29, 0.717) is 5.02 Å². The van der Waals surface area contributed by atoms with Gasteiger partial charge in [-0.25, -0.2) is 0 Å². The first-order valence-corrected chi connectivity index (χ1v) is 7.66. The van der Waals surface area contributed by atoms with Crippen molar-refractivity contribution in [2.24, 2.45) is 0 Å². The largest absolute Gasteiger partial charge is 0.295 e. The van der Waals surface area contributed by atoms with E-state index in [0.717, 1.165) is 33.0 Å². The maximum atomic E-state index is 12.0. The van der Waals surface area contributed by atoms with Gasteiger partial charge in [0.15, 0.2) is 5.78 Å². The number of carbonyl (C=O) groups is 1. The van der Waals surface area contributed by atoms with Crippen LogP contribution in [-0.2, 0) is 0 Å². The molecule has 0 N–H and O–H groups in total. The molecule has 3 aromatic rings. The van der Waals surface area contributed by atoms with Crippen molar-refractivity contribution in [2.75, 3.05) is 0 Å². The molecule has 0 heterocycles. The fraction of sp³-hybridized carbons (Fsp3) is 0.150. The average Bonchev–Trinajstić information content (AvgIpc) is 2.49. The number of hydrogen-bond acceptors (Lipinski definition) is 1. The quantitative estimate of drug-likeness (QED) is 0.532. The number of carbonyl (C=O) groups excluding carboxylic acids is 1. The van der Waals surface area contributed by atoms with Gasteiger partial charge in [-0.1, -0.05) is 47.5 Å². The first-order valence-electron chi connectivity index (χ1n) is 7.28. The van der Waals surface area contributed by atoms with Gasteiger partial charge in [0.2, 0.25) is 0 Å². The lowest BCUT2D eigenvalue weighted by Crippen LogP contribution is -1.99. The summed E-state index contributed by atoms with van der Waals surface area (Å²) in [5.74, 6) is 0.0936. The molecule has 0 saturated heterocycles. The Hall–Kier alpha value is -2.12. The molecular weight excluding hydrogens is 292 g/mol. The van der Waals surface area contributed by atoms with Crippen LogP contribution in [0.5, 0.6) is 0 Å². The number of Topliss-reactive ketones (excluding diaryl/α,β-unsaturated/α-hetero) is 1. The van der Waals surface area contributed by atoms with E-state index in [1.54, 1.807) is 6.92 Å². The Morgan fingerprint density at radius 2 is 1.59 bits per heavy atom. The topological polar surface area (TPSA) is 17.1 Å². The predicted molar refractivity (Wildman–Crippen MR) is 93.9 cm³/mol. The van der Waals surface area contributed by atoms with Crippen LogP contribution in [0, 0.1) is 13.8 Å². The van der Waals surface area contributed by atoms with Crippen molar-refractivity contribution in [3.63, 3.8) is 0 Å². The fourth-order valence-electron chi connectivity index (χ4n) is 2.91. The third-order valence-corrected chi connectivity index (χ3v) is 4.35. The van der Waals surface area contributed by atoms with Gasteiger partial charge in [-0.05, 0) is 66.4 Å². The lowest BCUT2D eigenvalue weighted by atomic mass is 9.90. The molecule has 0 aliphatic rings. The zero-order chi connectivity index (χ0) is 15.9. The monoisotopic (exact) mass is 308 g/mol. The third kappa shape index (κ3) is 2.53. The molecule has 2 heteroatoms. The van der Waals surface area contributed by atoms with Gasteiger partial charge in [0.1, 0.15) is 0 Å². The van der Waals surface area contributed by atoms with Crippen molar-refractivity contribution in [3.8, 4) is 11.1 Å². The summed E-state index contributed by atoms with van der Waals surface area (Å²) in [6, 6.07) is 16.1. The van der Waals surface area contributed by atoms with Crippen LogP contribution in [0.3, 0.4) is 0 Å². The Morgan fingerprint density at radius 1 is 0.909 bits per heavy atom. The second-order valence-corrected chi connectivity index (χ2v) is 6.15. The molecule has 0 bridgehead atoms. The first-order chi connectivity index (χ1) is 10.5. The van der Waals surface area contributed by atoms with E-state index < -0.39 is 0 Å². The minimum atomic E-state index is 0.0936. The summed E-state index contributed by atoms with van der Waals surface area (Å²) >= 11 is 5.99. The highest BCUT2D eigenvalue weighted by atomic mass is 35.5. The molecule has 0 aliphatic carbocycles. The van der Waals surface area contributed by atoms with E-state index in [1.165, 1.54) is 5.56 Å². The van der Waals surface area contributed by atoms with Crippen LogP contribution in [0.4, 0.5) is 0 Å². The molecular formula is C20H17ClO. The summed E-state index contributed by atoms with van der Waals surface area (Å²) in [5, 5.41) is 3.01. The summed E-state index contributed by atoms with van der Waals surface area (Å²) in [4.78, 5) is 12.0. The van der Waals surface area contributed by atoms with Gasteiger partial charge in [-0.15, -0.1) is 0 Å². The first kappa shape index (κ1) is 14.8. The van der Waals surface area contributed by atoms with Crippen LogP contribution < -0.4 is 0 Å². The molecule has 110 valence electrons. The van der Waals surface area contributed by atoms with Crippen LogP contribution in [-0.4, -0.2) is 5.78 Å². The highest BCUT2D eigenvalue weighted by molar-refractivity contribution is 6.30. The molecule has 0 aromatic heterocycles. The highest BCUT2D eigenvalue weighted by Gasteiger charge is 2.13. The molecule has 0 atom stereocenters. The van der Waals surface area contributed by atoms with Crippen LogP contribution in [0.15, 0.2) is 48.5 Å². The Labute approximate surface area is 135 Å². The van der Waals surface area contributed by atoms with Crippen LogP contribution >= 0.6 is 11.6 Å². The van der Waals surface area contributed by atoms with E-state index in [4.69, 9.17) is 11.6 Å². The molecule has 0 amide bonds. The van der Waals surface area contributed by atoms with Crippen molar-refractivity contribution in [1.29, 1.82) is 0 Å². The zero-order valence-electron chi connectivity index (χ0n) is 12.9. The van der Waals surface area contributed by atoms with Gasteiger partial charge in [-0.3, -0.25) is 4.79 Å². The second kappa shape index (κ2) is 5.58. The Balaban J connectivity index is 2.40. The van der Waals surface area contributed by atoms with Gasteiger partial charge < -0.3 is 0 Å². The maximum Gasteiger partial charge on any atom is 0.160 e. The summed E-state index contributed by atoms with van der Waals surface area (Å²) in [7, 11) is 0. The second-order valence-electron chi connectivity index (χ2n) is 5.71. The van der Waals surface area contributed by atoms with E-state index >= 15 is 0 Å². The van der Waals surface area contributed by atoms with Crippen LogP contribution in [0.1, 0.15) is 28.4 Å². The normalized spacial score (nSPS) is 10.9. The molecule has 3 aromatic carbocycles. The number of benzene rings is 3. The smallest absolute Gasteiger partial charge is 0.160 e. The predicted octanol–water partition coefficient (Wildman–Crippen LogP) is 5.98. The van der Waals surface area contributed by atoms with Crippen molar-refractivity contribution in [1.82, 2.24) is 0 Å². The summed E-state index contributed by atoms with van der Waals surface area (Å²) in [5.41, 5.74) is 5.16. The number of fused-ring (bicyclic) bond motifs is 1. The molecule has 0 unspecified atom stereocenters. The molecule has 0 aliphatic heterocycles. The van der Waals surface area contributed by atoms with E-state index in [-0.39, 0.29) is 5.78 Å². The number of hydrogen-bond donors (Lipinski definition) is 0. The van der Waals surface area contributed by atoms with E-state index in [9.17, 15) is 4.79 Å². The molecule has 0 fully saturated rings. The molecule has 1 nitrogen and oxygen atoms in total. The van der Waals surface area contributed by atoms with Gasteiger partial charge in [-0.2, -0.15) is 0 Å². The Kier molecular flexibility index (Phi) is 3.76. The fourth-order valence-corrected chi connectivity index (χ4v) is 3.04. The third-order valence-electron chi connectivity index (χ3n) is 4.10. The summed E-state index contributed by atoms with van der Waals surface area (Å²) < 4.78 is 0. The minimum absolute atomic E-state index is 0.0936. The van der Waals surface area contributed by atoms with Crippen molar-refractivity contribution < 1.29 is 4.79 Å². The molecule has 3 rings (SSSR count). The maximum absolute atomic E-state index is 12.0. The lowest BCUT2D eigenvalue weighted by molar-refractivity contribution is 0.101. The Bertz CT molecular complexity index is 876. The van der Waals surface area contributed by atoms with Crippen LogP contribution in [0.25, 0.3) is 21.9 Å². The number of rotatable bonds is 2. The van der Waals surface area contributed by atoms with E-state index in [2.05, 4.69) is 25.1 Å². The molecule has 0 radical (unpaired) electrons. The van der Waals surface area contributed by atoms with Gasteiger partial charge >= 0.3 is 0 Å². The van der Waals surface area contributed by atoms with Gasteiger partial charge in [0, 0.05) is 10.6 Å². The van der Waals surface area contributed by atoms with Crippen molar-refractivity contribution >= 4 is 28.2 Å². The summed E-state index contributed by atoms with van der Waals surface area (Å²) in [6.07, 6.45) is 0. The van der Waals surface area contributed by atoms with E-state index in [1.807, 2.05) is 37.3 Å². The van der Waals surface area contributed by atoms with Crippen molar-refractivity contribution in [3.05, 3.63) is 70.2 Å². The van der Waals surface area contributed by atoms with Gasteiger partial charge in [0.05, 0.1) is 0 Å². The standard InChI is InChI=1S/C20H17ClO/c1-12-4-9-17-19(10-12)13(2)18(14(3)22)11-20(17)15-5-7-16(21)8-6-15/h4-11H,1-3H3. The lowest BCUT2D eigenvalue weighted by Gasteiger charge is -2.14. The molecule has 0 spiro atoms. The summed E-state index contributed by atoms with van der Waals surface area (Å²) in [6.45, 7) is 5.71. The number of aryl methyl sites for hydroxylation is 2. The average molecular weight is 309 g/mol. The zero-order valence-corrected chi connectivity index (χ0v) is 13.7. The van der Waals surface area contributed by atoms with Crippen molar-refractivity contribution in [2.45, 2.75) is 20.8 Å². The van der Waals surface area contributed by atoms with Crippen LogP contribution in [0.2, 0.25) is 5.02 Å². The molecule has 22 heavy (non-hydrogen) atoms. The van der Waals surface area contributed by atoms with Gasteiger partial charge in [0.25, 0.3) is 0 Å². The Morgan fingerprint density at radius 3 is 2.23 bits per heavy atom. The highest BCUT2D eigenvalue weighted by Crippen LogP contribution is 2.34. The number of halogens is 1. The molecule has 0 saturated carbocycles.